The van der Waals surface area contributed by atoms with Gasteiger partial charge in [-0.1, -0.05) is 23.8 Å². The third kappa shape index (κ3) is 1.81. The van der Waals surface area contributed by atoms with Crippen molar-refractivity contribution in [3.05, 3.63) is 46.7 Å². The first-order chi connectivity index (χ1) is 10.1. The normalized spacial score (nSPS) is 26.6. The summed E-state index contributed by atoms with van der Waals surface area (Å²) in [5.74, 6) is 0.470. The Morgan fingerprint density at radius 1 is 1.38 bits per heavy atom. The van der Waals surface area contributed by atoms with Crippen LogP contribution in [0.2, 0.25) is 0 Å². The van der Waals surface area contributed by atoms with Gasteiger partial charge in [-0.15, -0.1) is 0 Å². The summed E-state index contributed by atoms with van der Waals surface area (Å²) in [6.07, 6.45) is 3.02. The molecule has 3 heteroatoms. The summed E-state index contributed by atoms with van der Waals surface area (Å²) >= 11 is 0. The highest BCUT2D eigenvalue weighted by Gasteiger charge is 2.36. The first-order valence-electron chi connectivity index (χ1n) is 7.75. The highest BCUT2D eigenvalue weighted by atomic mass is 16.3. The number of benzene rings is 1. The largest absolute Gasteiger partial charge is 0.387 e. The predicted molar refractivity (Wildman–Crippen MR) is 85.6 cm³/mol. The van der Waals surface area contributed by atoms with Crippen molar-refractivity contribution in [1.82, 2.24) is 9.88 Å². The Hall–Kier alpha value is -1.58. The van der Waals surface area contributed by atoms with Crippen LogP contribution >= 0.6 is 0 Å². The van der Waals surface area contributed by atoms with Crippen molar-refractivity contribution >= 4 is 10.9 Å². The number of rotatable bonds is 1. The minimum Gasteiger partial charge on any atom is -0.387 e. The van der Waals surface area contributed by atoms with Crippen LogP contribution in [0, 0.1) is 0 Å². The minimum absolute atomic E-state index is 0.442. The van der Waals surface area contributed by atoms with Crippen LogP contribution in [-0.4, -0.2) is 34.6 Å². The molecule has 21 heavy (non-hydrogen) atoms. The Morgan fingerprint density at radius 3 is 2.95 bits per heavy atom. The summed E-state index contributed by atoms with van der Waals surface area (Å²) in [5.41, 5.74) is 6.33. The molecule has 0 amide bonds. The molecule has 2 N–H and O–H groups in total. The van der Waals surface area contributed by atoms with Crippen LogP contribution in [0.5, 0.6) is 0 Å². The third-order valence-electron chi connectivity index (χ3n) is 5.13. The third-order valence-corrected chi connectivity index (χ3v) is 5.13. The van der Waals surface area contributed by atoms with Gasteiger partial charge in [0, 0.05) is 35.1 Å². The fraction of sp³-hybridized carbons (Fsp3) is 0.444. The van der Waals surface area contributed by atoms with Gasteiger partial charge in [-0.3, -0.25) is 4.90 Å². The summed E-state index contributed by atoms with van der Waals surface area (Å²) < 4.78 is 0. The van der Waals surface area contributed by atoms with Crippen molar-refractivity contribution in [2.45, 2.75) is 38.3 Å². The number of nitrogens with one attached hydrogen (secondary N) is 1. The van der Waals surface area contributed by atoms with E-state index in [0.29, 0.717) is 12.0 Å². The van der Waals surface area contributed by atoms with E-state index in [0.717, 1.165) is 24.2 Å². The van der Waals surface area contributed by atoms with Gasteiger partial charge in [0.1, 0.15) is 0 Å². The van der Waals surface area contributed by atoms with E-state index >= 15 is 0 Å². The lowest BCUT2D eigenvalue weighted by Crippen LogP contribution is -2.43. The molecule has 1 aliphatic heterocycles. The summed E-state index contributed by atoms with van der Waals surface area (Å²) in [5, 5.41) is 11.4. The summed E-state index contributed by atoms with van der Waals surface area (Å²) in [7, 11) is 2.22. The molecule has 1 aromatic heterocycles. The molecule has 1 aromatic carbocycles. The van der Waals surface area contributed by atoms with Gasteiger partial charge in [0.05, 0.1) is 6.10 Å². The van der Waals surface area contributed by atoms with Crippen LogP contribution in [0.1, 0.15) is 42.7 Å². The number of H-pyrrole nitrogens is 1. The topological polar surface area (TPSA) is 39.3 Å². The zero-order valence-corrected chi connectivity index (χ0v) is 12.9. The van der Waals surface area contributed by atoms with Crippen molar-refractivity contribution < 1.29 is 5.11 Å². The van der Waals surface area contributed by atoms with Crippen LogP contribution < -0.4 is 0 Å². The van der Waals surface area contributed by atoms with Crippen LogP contribution in [-0.2, 0) is 6.42 Å². The van der Waals surface area contributed by atoms with Crippen molar-refractivity contribution in [1.29, 1.82) is 0 Å². The van der Waals surface area contributed by atoms with Crippen LogP contribution in [0.3, 0.4) is 0 Å². The second kappa shape index (κ2) is 4.46. The van der Waals surface area contributed by atoms with E-state index in [1.54, 1.807) is 0 Å². The van der Waals surface area contributed by atoms with Gasteiger partial charge in [0.15, 0.2) is 0 Å². The van der Waals surface area contributed by atoms with E-state index in [-0.39, 0.29) is 0 Å². The average molecular weight is 282 g/mol. The lowest BCUT2D eigenvalue weighted by Gasteiger charge is -2.41. The molecule has 0 saturated heterocycles. The van der Waals surface area contributed by atoms with E-state index < -0.39 is 6.10 Å². The summed E-state index contributed by atoms with van der Waals surface area (Å²) in [6.45, 7) is 5.11. The molecule has 3 atom stereocenters. The first kappa shape index (κ1) is 13.1. The molecule has 4 rings (SSSR count). The van der Waals surface area contributed by atoms with E-state index in [1.807, 2.05) is 6.92 Å². The van der Waals surface area contributed by atoms with Gasteiger partial charge in [-0.25, -0.2) is 0 Å². The standard InChI is InChI=1S/C18H22N2O/c1-10-7-13-12-5-4-6-15-17(12)14(18(19-15)11(2)21)8-16(13)20(3)9-10/h4-7,11,13,16,19,21H,8-9H2,1-3H3/t11?,13-,16-/m1/s1. The number of likely N-dealkylation sites (N-methyl/N-ethyl adjacent to an activating group) is 1. The molecular weight excluding hydrogens is 260 g/mol. The maximum absolute atomic E-state index is 10.1. The monoisotopic (exact) mass is 282 g/mol. The molecule has 0 fully saturated rings. The van der Waals surface area contributed by atoms with E-state index in [4.69, 9.17) is 0 Å². The van der Waals surface area contributed by atoms with E-state index in [1.165, 1.54) is 22.1 Å². The lowest BCUT2D eigenvalue weighted by atomic mass is 9.76. The van der Waals surface area contributed by atoms with E-state index in [2.05, 4.69) is 48.1 Å². The fourth-order valence-corrected chi connectivity index (χ4v) is 4.26. The van der Waals surface area contributed by atoms with Gasteiger partial charge < -0.3 is 10.1 Å². The van der Waals surface area contributed by atoms with Crippen LogP contribution in [0.15, 0.2) is 29.8 Å². The molecule has 0 radical (unpaired) electrons. The Kier molecular flexibility index (Phi) is 2.78. The maximum Gasteiger partial charge on any atom is 0.0912 e. The molecule has 1 aliphatic carbocycles. The second-order valence-corrected chi connectivity index (χ2v) is 6.69. The SMILES string of the molecule is CC1=C[C@@H]2c3cccc4[nH]c(C(C)O)c(c34)C[C@H]2N(C)C1. The van der Waals surface area contributed by atoms with Gasteiger partial charge in [0.25, 0.3) is 0 Å². The number of hydrogen-bond donors (Lipinski definition) is 2. The van der Waals surface area contributed by atoms with Crippen molar-refractivity contribution in [2.24, 2.45) is 0 Å². The van der Waals surface area contributed by atoms with Crippen LogP contribution in [0.4, 0.5) is 0 Å². The molecule has 0 bridgehead atoms. The number of aliphatic hydroxyl groups excluding tert-OH is 1. The van der Waals surface area contributed by atoms with Gasteiger partial charge >= 0.3 is 0 Å². The predicted octanol–water partition coefficient (Wildman–Crippen LogP) is 3.12. The molecule has 1 unspecified atom stereocenters. The van der Waals surface area contributed by atoms with Gasteiger partial charge in [-0.05, 0) is 44.5 Å². The summed E-state index contributed by atoms with van der Waals surface area (Å²) in [6, 6.07) is 7.01. The number of aromatic amines is 1. The molecule has 2 aromatic rings. The number of nitrogens with zero attached hydrogens (tertiary/aromatic N) is 1. The fourth-order valence-electron chi connectivity index (χ4n) is 4.26. The quantitative estimate of drug-likeness (QED) is 0.789. The zero-order chi connectivity index (χ0) is 14.7. The zero-order valence-electron chi connectivity index (χ0n) is 12.9. The molecule has 0 saturated carbocycles. The van der Waals surface area contributed by atoms with Gasteiger partial charge in [0.2, 0.25) is 0 Å². The van der Waals surface area contributed by atoms with Gasteiger partial charge in [-0.2, -0.15) is 0 Å². The molecule has 2 aliphatic rings. The second-order valence-electron chi connectivity index (χ2n) is 6.69. The number of fused-ring (bicyclic) bond motifs is 2. The van der Waals surface area contributed by atoms with Crippen molar-refractivity contribution in [3.63, 3.8) is 0 Å². The number of aliphatic hydroxyl groups is 1. The minimum atomic E-state index is -0.442. The van der Waals surface area contributed by atoms with E-state index in [9.17, 15) is 5.11 Å². The molecule has 2 heterocycles. The smallest absolute Gasteiger partial charge is 0.0912 e. The Labute approximate surface area is 125 Å². The Bertz CT molecular complexity index is 741. The molecule has 0 spiro atoms. The molecule has 110 valence electrons. The number of aromatic nitrogens is 1. The average Bonchev–Trinajstić information content (AvgIpc) is 2.81. The molecule has 3 nitrogen and oxygen atoms in total. The van der Waals surface area contributed by atoms with Crippen molar-refractivity contribution in [2.75, 3.05) is 13.6 Å². The number of hydrogen-bond acceptors (Lipinski definition) is 2. The Morgan fingerprint density at radius 2 is 2.19 bits per heavy atom. The van der Waals surface area contributed by atoms with Crippen LogP contribution in [0.25, 0.3) is 10.9 Å². The highest BCUT2D eigenvalue weighted by molar-refractivity contribution is 5.90. The maximum atomic E-state index is 10.1. The lowest BCUT2D eigenvalue weighted by molar-refractivity contribution is 0.190. The summed E-state index contributed by atoms with van der Waals surface area (Å²) in [4.78, 5) is 5.90. The van der Waals surface area contributed by atoms with Crippen molar-refractivity contribution in [3.8, 4) is 0 Å². The highest BCUT2D eigenvalue weighted by Crippen LogP contribution is 2.43. The Balaban J connectivity index is 2.00. The first-order valence-corrected chi connectivity index (χ1v) is 7.75. The molecular formula is C18H22N2O.